The van der Waals surface area contributed by atoms with Gasteiger partial charge in [0.1, 0.15) is 0 Å². The van der Waals surface area contributed by atoms with Crippen LogP contribution in [0.3, 0.4) is 0 Å². The van der Waals surface area contributed by atoms with Crippen LogP contribution < -0.4 is 5.32 Å². The summed E-state index contributed by atoms with van der Waals surface area (Å²) in [6, 6.07) is 0.606. The highest BCUT2D eigenvalue weighted by Crippen LogP contribution is 2.59. The molecule has 0 spiro atoms. The number of hydrogen-bond acceptors (Lipinski definition) is 3. The summed E-state index contributed by atoms with van der Waals surface area (Å²) < 4.78 is 25.1. The van der Waals surface area contributed by atoms with Crippen LogP contribution in [0, 0.1) is 23.7 Å². The predicted octanol–water partition coefficient (Wildman–Crippen LogP) is 1.68. The molecule has 5 heteroatoms. The number of hydrogen-bond donors (Lipinski definition) is 1. The first kappa shape index (κ1) is 14.8. The fourth-order valence-corrected chi connectivity index (χ4v) is 5.76. The molecule has 4 atom stereocenters. The normalized spacial score (nSPS) is 39.5. The molecule has 0 radical (unpaired) electrons. The van der Waals surface area contributed by atoms with Gasteiger partial charge in [0.15, 0.2) is 0 Å². The topological polar surface area (TPSA) is 49.4 Å². The van der Waals surface area contributed by atoms with Gasteiger partial charge in [0.2, 0.25) is 10.0 Å². The van der Waals surface area contributed by atoms with Crippen molar-refractivity contribution in [1.29, 1.82) is 0 Å². The average molecular weight is 300 g/mol. The molecule has 116 valence electrons. The van der Waals surface area contributed by atoms with Gasteiger partial charge < -0.3 is 5.32 Å². The zero-order valence-electron chi connectivity index (χ0n) is 12.7. The van der Waals surface area contributed by atoms with Crippen molar-refractivity contribution < 1.29 is 8.42 Å². The number of nitrogens with one attached hydrogen (secondary N) is 1. The van der Waals surface area contributed by atoms with Crippen molar-refractivity contribution >= 4 is 10.0 Å². The molecule has 1 saturated heterocycles. The first-order chi connectivity index (χ1) is 9.50. The Morgan fingerprint density at radius 2 is 1.90 bits per heavy atom. The third kappa shape index (κ3) is 2.90. The Bertz CT molecular complexity index is 441. The van der Waals surface area contributed by atoms with Crippen LogP contribution in [-0.4, -0.2) is 45.2 Å². The van der Waals surface area contributed by atoms with Gasteiger partial charge in [-0.1, -0.05) is 6.42 Å². The lowest BCUT2D eigenvalue weighted by Crippen LogP contribution is -2.42. The van der Waals surface area contributed by atoms with Crippen LogP contribution in [0.15, 0.2) is 0 Å². The Labute approximate surface area is 123 Å². The summed E-state index contributed by atoms with van der Waals surface area (Å²) in [5.74, 6) is 3.36. The molecule has 4 unspecified atom stereocenters. The fraction of sp³-hybridized carbons (Fsp3) is 1.00. The van der Waals surface area contributed by atoms with Crippen molar-refractivity contribution in [2.24, 2.45) is 23.7 Å². The molecule has 3 fully saturated rings. The standard InChI is InChI=1S/C15H28N2O2S/c1-16-14(15-12-6-3-7-13(12)15)9-11-5-4-8-17(10-11)20(2,18)19/h11-16H,3-10H2,1-2H3. The second kappa shape index (κ2) is 5.58. The molecule has 3 rings (SSSR count). The number of piperidine rings is 1. The van der Waals surface area contributed by atoms with Crippen molar-refractivity contribution in [3.8, 4) is 0 Å². The summed E-state index contributed by atoms with van der Waals surface area (Å²) in [7, 11) is -0.929. The molecule has 0 aromatic heterocycles. The molecule has 20 heavy (non-hydrogen) atoms. The van der Waals surface area contributed by atoms with Crippen molar-refractivity contribution in [3.05, 3.63) is 0 Å². The first-order valence-corrected chi connectivity index (χ1v) is 9.98. The summed E-state index contributed by atoms with van der Waals surface area (Å²) in [6.45, 7) is 1.45. The highest BCUT2D eigenvalue weighted by molar-refractivity contribution is 7.88. The highest BCUT2D eigenvalue weighted by Gasteiger charge is 2.55. The van der Waals surface area contributed by atoms with E-state index in [9.17, 15) is 8.42 Å². The molecular weight excluding hydrogens is 272 g/mol. The Morgan fingerprint density at radius 3 is 2.50 bits per heavy atom. The van der Waals surface area contributed by atoms with E-state index >= 15 is 0 Å². The van der Waals surface area contributed by atoms with Gasteiger partial charge in [0, 0.05) is 19.1 Å². The molecule has 0 aromatic carbocycles. The van der Waals surface area contributed by atoms with Gasteiger partial charge in [-0.25, -0.2) is 12.7 Å². The van der Waals surface area contributed by atoms with E-state index in [1.54, 1.807) is 4.31 Å². The Balaban J connectivity index is 1.56. The molecule has 0 aromatic rings. The van der Waals surface area contributed by atoms with Crippen LogP contribution >= 0.6 is 0 Å². The van der Waals surface area contributed by atoms with Crippen LogP contribution in [-0.2, 0) is 10.0 Å². The number of nitrogens with zero attached hydrogens (tertiary/aromatic N) is 1. The van der Waals surface area contributed by atoms with E-state index in [1.165, 1.54) is 31.9 Å². The molecular formula is C15H28N2O2S. The monoisotopic (exact) mass is 300 g/mol. The minimum absolute atomic E-state index is 0.539. The Morgan fingerprint density at radius 1 is 1.20 bits per heavy atom. The SMILES string of the molecule is CNC(CC1CCCN(S(C)(=O)=O)C1)C1C2CCCC21. The highest BCUT2D eigenvalue weighted by atomic mass is 32.2. The average Bonchev–Trinajstić information content (AvgIpc) is 2.88. The minimum atomic E-state index is -3.01. The van der Waals surface area contributed by atoms with Gasteiger partial charge in [0.25, 0.3) is 0 Å². The van der Waals surface area contributed by atoms with Gasteiger partial charge >= 0.3 is 0 Å². The molecule has 0 amide bonds. The van der Waals surface area contributed by atoms with Gasteiger partial charge in [-0.3, -0.25) is 0 Å². The molecule has 2 saturated carbocycles. The zero-order valence-corrected chi connectivity index (χ0v) is 13.5. The minimum Gasteiger partial charge on any atom is -0.317 e. The van der Waals surface area contributed by atoms with Crippen LogP contribution in [0.5, 0.6) is 0 Å². The smallest absolute Gasteiger partial charge is 0.211 e. The van der Waals surface area contributed by atoms with Crippen LogP contribution in [0.25, 0.3) is 0 Å². The maximum atomic E-state index is 11.7. The lowest BCUT2D eigenvalue weighted by molar-refractivity contribution is 0.228. The lowest BCUT2D eigenvalue weighted by Gasteiger charge is -2.33. The number of fused-ring (bicyclic) bond motifs is 1. The van der Waals surface area contributed by atoms with E-state index in [1.807, 2.05) is 0 Å². The van der Waals surface area contributed by atoms with Crippen molar-refractivity contribution in [2.45, 2.75) is 44.6 Å². The van der Waals surface area contributed by atoms with Crippen LogP contribution in [0.1, 0.15) is 38.5 Å². The summed E-state index contributed by atoms with van der Waals surface area (Å²) in [6.07, 6.45) is 8.98. The largest absolute Gasteiger partial charge is 0.317 e. The van der Waals surface area contributed by atoms with E-state index in [2.05, 4.69) is 12.4 Å². The second-order valence-corrected chi connectivity index (χ2v) is 9.08. The van der Waals surface area contributed by atoms with Gasteiger partial charge in [0.05, 0.1) is 6.26 Å². The molecule has 2 aliphatic carbocycles. The quantitative estimate of drug-likeness (QED) is 0.840. The maximum Gasteiger partial charge on any atom is 0.211 e. The van der Waals surface area contributed by atoms with E-state index in [0.717, 1.165) is 37.1 Å². The molecule has 3 aliphatic rings. The molecule has 4 nitrogen and oxygen atoms in total. The summed E-state index contributed by atoms with van der Waals surface area (Å²) >= 11 is 0. The summed E-state index contributed by atoms with van der Waals surface area (Å²) in [4.78, 5) is 0. The molecule has 1 heterocycles. The van der Waals surface area contributed by atoms with E-state index in [4.69, 9.17) is 0 Å². The molecule has 1 N–H and O–H groups in total. The fourth-order valence-electron chi connectivity index (χ4n) is 4.82. The molecule has 0 bridgehead atoms. The lowest BCUT2D eigenvalue weighted by atomic mass is 9.89. The third-order valence-electron chi connectivity index (χ3n) is 5.85. The summed E-state index contributed by atoms with van der Waals surface area (Å²) in [5, 5.41) is 3.53. The van der Waals surface area contributed by atoms with E-state index in [0.29, 0.717) is 18.5 Å². The van der Waals surface area contributed by atoms with Gasteiger partial charge in [-0.15, -0.1) is 0 Å². The van der Waals surface area contributed by atoms with E-state index in [-0.39, 0.29) is 0 Å². The van der Waals surface area contributed by atoms with Crippen molar-refractivity contribution in [2.75, 3.05) is 26.4 Å². The summed E-state index contributed by atoms with van der Waals surface area (Å²) in [5.41, 5.74) is 0. The first-order valence-electron chi connectivity index (χ1n) is 8.13. The number of rotatable bonds is 5. The number of sulfonamides is 1. The Kier molecular flexibility index (Phi) is 4.13. The predicted molar refractivity (Wildman–Crippen MR) is 80.9 cm³/mol. The van der Waals surface area contributed by atoms with Crippen molar-refractivity contribution in [1.82, 2.24) is 9.62 Å². The third-order valence-corrected chi connectivity index (χ3v) is 7.12. The van der Waals surface area contributed by atoms with Crippen LogP contribution in [0.2, 0.25) is 0 Å². The Hall–Kier alpha value is -0.130. The second-order valence-electron chi connectivity index (χ2n) is 7.10. The van der Waals surface area contributed by atoms with E-state index < -0.39 is 10.0 Å². The molecule has 1 aliphatic heterocycles. The van der Waals surface area contributed by atoms with Crippen molar-refractivity contribution in [3.63, 3.8) is 0 Å². The van der Waals surface area contributed by atoms with Gasteiger partial charge in [-0.2, -0.15) is 0 Å². The van der Waals surface area contributed by atoms with Crippen LogP contribution in [0.4, 0.5) is 0 Å². The van der Waals surface area contributed by atoms with Gasteiger partial charge in [-0.05, 0) is 62.8 Å². The maximum absolute atomic E-state index is 11.7. The zero-order chi connectivity index (χ0) is 14.3.